The van der Waals surface area contributed by atoms with Gasteiger partial charge in [-0.3, -0.25) is 9.59 Å². The van der Waals surface area contributed by atoms with Gasteiger partial charge in [0.15, 0.2) is 0 Å². The summed E-state index contributed by atoms with van der Waals surface area (Å²) in [6.45, 7) is 0. The Balaban J connectivity index is 1.91. The number of nitrogens with zero attached hydrogens (tertiary/aromatic N) is 1. The third-order valence-corrected chi connectivity index (χ3v) is 6.13. The molecule has 3 rings (SSSR count). The number of benzene rings is 2. The average molecular weight is 513 g/mol. The van der Waals surface area contributed by atoms with Gasteiger partial charge >= 0.3 is 12.1 Å². The minimum absolute atomic E-state index is 0.0609. The fraction of sp³-hybridized carbons (Fsp3) is 0.318. The van der Waals surface area contributed by atoms with Gasteiger partial charge in [0.1, 0.15) is 5.82 Å². The van der Waals surface area contributed by atoms with Crippen molar-refractivity contribution in [3.8, 4) is 6.07 Å². The van der Waals surface area contributed by atoms with Gasteiger partial charge in [-0.1, -0.05) is 28.1 Å². The molecular formula is C22H17BrF4N2O3. The topological polar surface area (TPSA) is 90.2 Å². The van der Waals surface area contributed by atoms with Gasteiger partial charge in [0.25, 0.3) is 0 Å². The number of carbonyl (C=O) groups excluding carboxylic acids is 1. The molecule has 2 aromatic rings. The zero-order valence-corrected chi connectivity index (χ0v) is 18.0. The third-order valence-electron chi connectivity index (χ3n) is 5.60. The molecule has 0 aromatic heterocycles. The number of nitrogens with one attached hydrogen (secondary N) is 1. The lowest BCUT2D eigenvalue weighted by Gasteiger charge is -2.37. The Labute approximate surface area is 189 Å². The molecule has 0 bridgehead atoms. The molecule has 2 aromatic carbocycles. The Kier molecular flexibility index (Phi) is 6.88. The Morgan fingerprint density at radius 2 is 1.78 bits per heavy atom. The standard InChI is InChI=1S/C22H17BrF4N2O3/c23-14-4-1-12(2-5-14)15-7-11(10-28)8-16(19(15)21(31)32)20(30)29-18-6-3-13(9-17(18)24)22(25,26)27/h1-6,9,11,15-16,19H,7-8H2,(H,29,30)(H,31,32)/t11-,15-,16-,19-/m1/s1. The highest BCUT2D eigenvalue weighted by atomic mass is 79.9. The summed E-state index contributed by atoms with van der Waals surface area (Å²) in [5.74, 6) is -7.04. The van der Waals surface area contributed by atoms with Crippen molar-refractivity contribution in [3.05, 3.63) is 63.9 Å². The lowest BCUT2D eigenvalue weighted by Crippen LogP contribution is -2.42. The second kappa shape index (κ2) is 9.28. The van der Waals surface area contributed by atoms with Crippen LogP contribution < -0.4 is 5.32 Å². The number of amides is 1. The van der Waals surface area contributed by atoms with Crippen LogP contribution in [0.25, 0.3) is 0 Å². The number of carboxylic acids is 1. The molecular weight excluding hydrogens is 496 g/mol. The maximum atomic E-state index is 14.2. The lowest BCUT2D eigenvalue weighted by molar-refractivity contribution is -0.149. The van der Waals surface area contributed by atoms with Crippen LogP contribution in [0, 0.1) is 34.9 Å². The number of aliphatic carboxylic acids is 1. The van der Waals surface area contributed by atoms with Crippen LogP contribution in [0.15, 0.2) is 46.9 Å². The summed E-state index contributed by atoms with van der Waals surface area (Å²) in [6, 6.07) is 10.6. The van der Waals surface area contributed by atoms with Gasteiger partial charge in [0.2, 0.25) is 5.91 Å². The summed E-state index contributed by atoms with van der Waals surface area (Å²) < 4.78 is 53.2. The van der Waals surface area contributed by atoms with Gasteiger partial charge in [-0.25, -0.2) is 4.39 Å². The fourth-order valence-electron chi connectivity index (χ4n) is 4.07. The predicted molar refractivity (Wildman–Crippen MR) is 110 cm³/mol. The second-order valence-corrected chi connectivity index (χ2v) is 8.52. The van der Waals surface area contributed by atoms with Crippen molar-refractivity contribution < 1.29 is 32.3 Å². The number of hydrogen-bond donors (Lipinski definition) is 2. The molecule has 4 atom stereocenters. The summed E-state index contributed by atoms with van der Waals surface area (Å²) in [4.78, 5) is 25.0. The molecule has 1 amide bonds. The SMILES string of the molecule is N#C[C@@H]1C[C@H](c2ccc(Br)cc2)[C@@H](C(=O)O)[C@H](C(=O)Nc2ccc(C(F)(F)F)cc2F)C1. The molecule has 0 saturated heterocycles. The number of carboxylic acid groups (broad SMARTS) is 1. The molecule has 0 aliphatic heterocycles. The van der Waals surface area contributed by atoms with E-state index in [1.54, 1.807) is 24.3 Å². The summed E-state index contributed by atoms with van der Waals surface area (Å²) in [6.07, 6.45) is -4.58. The van der Waals surface area contributed by atoms with Crippen molar-refractivity contribution in [2.24, 2.45) is 17.8 Å². The fourth-order valence-corrected chi connectivity index (χ4v) is 4.34. The second-order valence-electron chi connectivity index (χ2n) is 7.61. The Bertz CT molecular complexity index is 1070. The Morgan fingerprint density at radius 1 is 1.12 bits per heavy atom. The van der Waals surface area contributed by atoms with E-state index in [1.165, 1.54) is 0 Å². The molecule has 1 aliphatic rings. The van der Waals surface area contributed by atoms with Crippen LogP contribution in [0.5, 0.6) is 0 Å². The normalized spacial score (nSPS) is 23.2. The van der Waals surface area contributed by atoms with Gasteiger partial charge < -0.3 is 10.4 Å². The van der Waals surface area contributed by atoms with Crippen molar-refractivity contribution in [1.82, 2.24) is 0 Å². The van der Waals surface area contributed by atoms with Crippen LogP contribution >= 0.6 is 15.9 Å². The largest absolute Gasteiger partial charge is 0.481 e. The molecule has 1 fully saturated rings. The highest BCUT2D eigenvalue weighted by Gasteiger charge is 2.46. The first kappa shape index (κ1) is 23.7. The van der Waals surface area contributed by atoms with Gasteiger partial charge in [-0.2, -0.15) is 18.4 Å². The van der Waals surface area contributed by atoms with Crippen molar-refractivity contribution in [3.63, 3.8) is 0 Å². The molecule has 0 heterocycles. The van der Waals surface area contributed by atoms with E-state index in [2.05, 4.69) is 27.3 Å². The van der Waals surface area contributed by atoms with E-state index >= 15 is 0 Å². The van der Waals surface area contributed by atoms with Crippen LogP contribution in [0.3, 0.4) is 0 Å². The first-order chi connectivity index (χ1) is 15.0. The number of nitriles is 1. The van der Waals surface area contributed by atoms with E-state index < -0.39 is 58.8 Å². The Morgan fingerprint density at radius 3 is 2.31 bits per heavy atom. The molecule has 5 nitrogen and oxygen atoms in total. The predicted octanol–water partition coefficient (Wildman–Crippen LogP) is 5.58. The summed E-state index contributed by atoms with van der Waals surface area (Å²) in [7, 11) is 0. The Hall–Kier alpha value is -2.93. The minimum Gasteiger partial charge on any atom is -0.481 e. The van der Waals surface area contributed by atoms with Crippen molar-refractivity contribution >= 4 is 33.5 Å². The molecule has 1 saturated carbocycles. The molecule has 2 N–H and O–H groups in total. The van der Waals surface area contributed by atoms with E-state index in [1.807, 2.05) is 0 Å². The monoisotopic (exact) mass is 512 g/mol. The first-order valence-corrected chi connectivity index (χ1v) is 10.4. The third kappa shape index (κ3) is 5.10. The van der Waals surface area contributed by atoms with E-state index in [-0.39, 0.29) is 18.9 Å². The van der Waals surface area contributed by atoms with E-state index in [0.29, 0.717) is 11.6 Å². The van der Waals surface area contributed by atoms with Crippen molar-refractivity contribution in [2.75, 3.05) is 5.32 Å². The molecule has 168 valence electrons. The maximum Gasteiger partial charge on any atom is 0.416 e. The lowest BCUT2D eigenvalue weighted by atomic mass is 9.65. The van der Waals surface area contributed by atoms with Gasteiger partial charge in [0.05, 0.1) is 29.2 Å². The number of hydrogen-bond acceptors (Lipinski definition) is 3. The molecule has 32 heavy (non-hydrogen) atoms. The van der Waals surface area contributed by atoms with E-state index in [4.69, 9.17) is 0 Å². The maximum absolute atomic E-state index is 14.2. The number of halogens is 5. The molecule has 0 spiro atoms. The molecule has 0 unspecified atom stereocenters. The zero-order valence-electron chi connectivity index (χ0n) is 16.4. The van der Waals surface area contributed by atoms with Crippen LogP contribution in [-0.4, -0.2) is 17.0 Å². The van der Waals surface area contributed by atoms with Crippen LogP contribution in [0.2, 0.25) is 0 Å². The summed E-state index contributed by atoms with van der Waals surface area (Å²) in [5.41, 5.74) is -1.07. The van der Waals surface area contributed by atoms with Gasteiger partial charge in [-0.15, -0.1) is 0 Å². The number of carbonyl (C=O) groups is 2. The zero-order chi connectivity index (χ0) is 23.6. The summed E-state index contributed by atoms with van der Waals surface area (Å²) >= 11 is 3.30. The highest BCUT2D eigenvalue weighted by molar-refractivity contribution is 9.10. The van der Waals surface area contributed by atoms with E-state index in [0.717, 1.165) is 10.5 Å². The smallest absolute Gasteiger partial charge is 0.416 e. The first-order valence-electron chi connectivity index (χ1n) is 9.56. The number of anilines is 1. The van der Waals surface area contributed by atoms with Gasteiger partial charge in [-0.05, 0) is 54.7 Å². The van der Waals surface area contributed by atoms with Gasteiger partial charge in [0, 0.05) is 10.4 Å². The number of rotatable bonds is 4. The van der Waals surface area contributed by atoms with Crippen LogP contribution in [0.4, 0.5) is 23.2 Å². The van der Waals surface area contributed by atoms with Crippen molar-refractivity contribution in [2.45, 2.75) is 24.9 Å². The molecule has 10 heteroatoms. The minimum atomic E-state index is -4.75. The quantitative estimate of drug-likeness (QED) is 0.523. The van der Waals surface area contributed by atoms with E-state index in [9.17, 15) is 37.5 Å². The molecule has 1 aliphatic carbocycles. The molecule has 0 radical (unpaired) electrons. The number of alkyl halides is 3. The van der Waals surface area contributed by atoms with Crippen molar-refractivity contribution in [1.29, 1.82) is 5.26 Å². The highest BCUT2D eigenvalue weighted by Crippen LogP contribution is 2.45. The average Bonchev–Trinajstić information content (AvgIpc) is 2.73. The van der Waals surface area contributed by atoms with Crippen LogP contribution in [0.1, 0.15) is 29.9 Å². The summed E-state index contributed by atoms with van der Waals surface area (Å²) in [5, 5.41) is 21.5. The van der Waals surface area contributed by atoms with Crippen LogP contribution in [-0.2, 0) is 15.8 Å².